The molecule has 1 unspecified atom stereocenters. The van der Waals surface area contributed by atoms with Crippen molar-refractivity contribution in [3.8, 4) is 5.75 Å². The molecule has 0 saturated carbocycles. The van der Waals surface area contributed by atoms with E-state index in [-0.39, 0.29) is 6.04 Å². The predicted molar refractivity (Wildman–Crippen MR) is 80.5 cm³/mol. The van der Waals surface area contributed by atoms with Crippen LogP contribution in [0.3, 0.4) is 0 Å². The Labute approximate surface area is 123 Å². The minimum atomic E-state index is 0.181. The van der Waals surface area contributed by atoms with Gasteiger partial charge in [0.15, 0.2) is 0 Å². The highest BCUT2D eigenvalue weighted by atomic mass is 79.9. The number of halogens is 1. The Morgan fingerprint density at radius 1 is 1.42 bits per heavy atom. The van der Waals surface area contributed by atoms with E-state index in [0.29, 0.717) is 5.92 Å². The van der Waals surface area contributed by atoms with Crippen molar-refractivity contribution in [1.29, 1.82) is 0 Å². The second-order valence-electron chi connectivity index (χ2n) is 5.31. The number of nitrogens with two attached hydrogens (primary N) is 1. The maximum absolute atomic E-state index is 5.90. The van der Waals surface area contributed by atoms with E-state index in [1.165, 1.54) is 5.56 Å². The molecular weight excluding hydrogens is 306 g/mol. The van der Waals surface area contributed by atoms with E-state index in [4.69, 9.17) is 15.2 Å². The molecule has 3 nitrogen and oxygen atoms in total. The molecule has 0 spiro atoms. The normalized spacial score (nSPS) is 18.3. The molecule has 2 rings (SSSR count). The summed E-state index contributed by atoms with van der Waals surface area (Å²) in [6.07, 6.45) is 3.08. The van der Waals surface area contributed by atoms with E-state index < -0.39 is 0 Å². The van der Waals surface area contributed by atoms with Crippen LogP contribution in [0, 0.1) is 5.92 Å². The van der Waals surface area contributed by atoms with Gasteiger partial charge in [0.1, 0.15) is 5.75 Å². The number of rotatable bonds is 5. The summed E-state index contributed by atoms with van der Waals surface area (Å²) in [7, 11) is 0. The topological polar surface area (TPSA) is 44.5 Å². The van der Waals surface area contributed by atoms with Gasteiger partial charge in [-0.1, -0.05) is 6.07 Å². The predicted octanol–water partition coefficient (Wildman–Crippen LogP) is 3.14. The van der Waals surface area contributed by atoms with Crippen LogP contribution in [0.5, 0.6) is 5.75 Å². The second-order valence-corrected chi connectivity index (χ2v) is 6.17. The lowest BCUT2D eigenvalue weighted by molar-refractivity contribution is 0.0496. The lowest BCUT2D eigenvalue weighted by Gasteiger charge is -2.22. The van der Waals surface area contributed by atoms with Crippen molar-refractivity contribution in [2.45, 2.75) is 32.2 Å². The molecule has 1 heterocycles. The van der Waals surface area contributed by atoms with E-state index >= 15 is 0 Å². The van der Waals surface area contributed by atoms with E-state index in [0.717, 1.165) is 49.3 Å². The van der Waals surface area contributed by atoms with Crippen molar-refractivity contribution in [2.24, 2.45) is 11.7 Å². The van der Waals surface area contributed by atoms with Gasteiger partial charge in [0.05, 0.1) is 11.1 Å². The zero-order valence-electron chi connectivity index (χ0n) is 11.4. The van der Waals surface area contributed by atoms with Gasteiger partial charge >= 0.3 is 0 Å². The highest BCUT2D eigenvalue weighted by Gasteiger charge is 2.15. The molecule has 0 bridgehead atoms. The maximum atomic E-state index is 5.90. The van der Waals surface area contributed by atoms with Crippen LogP contribution in [0.1, 0.15) is 25.3 Å². The molecular formula is C15H22BrNO2. The van der Waals surface area contributed by atoms with Crippen LogP contribution < -0.4 is 10.5 Å². The molecule has 0 aromatic heterocycles. The Balaban J connectivity index is 1.89. The molecule has 106 valence electrons. The second kappa shape index (κ2) is 7.27. The standard InChI is InChI=1S/C15H22BrNO2/c1-11(17)8-13-2-3-15(14(16)9-13)19-10-12-4-6-18-7-5-12/h2-3,9,11-12H,4-8,10,17H2,1H3. The lowest BCUT2D eigenvalue weighted by Crippen LogP contribution is -2.21. The summed E-state index contributed by atoms with van der Waals surface area (Å²) in [6.45, 7) is 4.52. The van der Waals surface area contributed by atoms with Crippen molar-refractivity contribution in [3.05, 3.63) is 28.2 Å². The molecule has 1 aromatic carbocycles. The van der Waals surface area contributed by atoms with Gasteiger partial charge < -0.3 is 15.2 Å². The average Bonchev–Trinajstić information content (AvgIpc) is 2.38. The van der Waals surface area contributed by atoms with Crippen molar-refractivity contribution in [3.63, 3.8) is 0 Å². The van der Waals surface area contributed by atoms with E-state index in [9.17, 15) is 0 Å². The fourth-order valence-electron chi connectivity index (χ4n) is 2.28. The zero-order valence-corrected chi connectivity index (χ0v) is 13.0. The van der Waals surface area contributed by atoms with Crippen LogP contribution in [0.15, 0.2) is 22.7 Å². The Morgan fingerprint density at radius 2 is 2.16 bits per heavy atom. The molecule has 1 atom stereocenters. The summed E-state index contributed by atoms with van der Waals surface area (Å²) >= 11 is 3.57. The minimum absolute atomic E-state index is 0.181. The SMILES string of the molecule is CC(N)Cc1ccc(OCC2CCOCC2)c(Br)c1. The Kier molecular flexibility index (Phi) is 5.67. The number of hydrogen-bond donors (Lipinski definition) is 1. The van der Waals surface area contributed by atoms with Gasteiger partial charge in [-0.25, -0.2) is 0 Å². The summed E-state index contributed by atoms with van der Waals surface area (Å²) in [5.74, 6) is 1.53. The molecule has 0 amide bonds. The lowest BCUT2D eigenvalue weighted by atomic mass is 10.0. The molecule has 0 radical (unpaired) electrons. The molecule has 1 aromatic rings. The van der Waals surface area contributed by atoms with Crippen LogP contribution in [0.4, 0.5) is 0 Å². The monoisotopic (exact) mass is 327 g/mol. The third-order valence-corrected chi connectivity index (χ3v) is 3.99. The smallest absolute Gasteiger partial charge is 0.133 e. The molecule has 1 saturated heterocycles. The summed E-state index contributed by atoms with van der Waals surface area (Å²) < 4.78 is 12.3. The third-order valence-electron chi connectivity index (χ3n) is 3.37. The van der Waals surface area contributed by atoms with Crippen molar-refractivity contribution in [2.75, 3.05) is 19.8 Å². The summed E-state index contributed by atoms with van der Waals surface area (Å²) in [5, 5.41) is 0. The summed E-state index contributed by atoms with van der Waals surface area (Å²) in [6, 6.07) is 6.40. The Bertz CT molecular complexity index is 403. The Morgan fingerprint density at radius 3 is 2.79 bits per heavy atom. The molecule has 0 aliphatic carbocycles. The van der Waals surface area contributed by atoms with Crippen molar-refractivity contribution < 1.29 is 9.47 Å². The highest BCUT2D eigenvalue weighted by Crippen LogP contribution is 2.27. The van der Waals surface area contributed by atoms with Crippen LogP contribution in [-0.4, -0.2) is 25.9 Å². The summed E-state index contributed by atoms with van der Waals surface area (Å²) in [5.41, 5.74) is 7.05. The van der Waals surface area contributed by atoms with Crippen LogP contribution in [0.2, 0.25) is 0 Å². The van der Waals surface area contributed by atoms with Crippen LogP contribution in [0.25, 0.3) is 0 Å². The average molecular weight is 328 g/mol. The quantitative estimate of drug-likeness (QED) is 0.903. The van der Waals surface area contributed by atoms with Crippen LogP contribution in [-0.2, 0) is 11.2 Å². The van der Waals surface area contributed by atoms with E-state index in [2.05, 4.69) is 28.1 Å². The minimum Gasteiger partial charge on any atom is -0.492 e. The van der Waals surface area contributed by atoms with Gasteiger partial charge in [0.25, 0.3) is 0 Å². The highest BCUT2D eigenvalue weighted by molar-refractivity contribution is 9.10. The first-order valence-electron chi connectivity index (χ1n) is 6.89. The first-order valence-corrected chi connectivity index (χ1v) is 7.69. The fourth-order valence-corrected chi connectivity index (χ4v) is 2.82. The molecule has 1 aliphatic rings. The van der Waals surface area contributed by atoms with Crippen molar-refractivity contribution >= 4 is 15.9 Å². The first kappa shape index (κ1) is 14.8. The molecule has 1 fully saturated rings. The maximum Gasteiger partial charge on any atom is 0.133 e. The van der Waals surface area contributed by atoms with Gasteiger partial charge in [-0.05, 0) is 65.7 Å². The third kappa shape index (κ3) is 4.79. The fraction of sp³-hybridized carbons (Fsp3) is 0.600. The molecule has 19 heavy (non-hydrogen) atoms. The largest absolute Gasteiger partial charge is 0.492 e. The molecule has 1 aliphatic heterocycles. The van der Waals surface area contributed by atoms with Crippen LogP contribution >= 0.6 is 15.9 Å². The van der Waals surface area contributed by atoms with Gasteiger partial charge in [-0.2, -0.15) is 0 Å². The zero-order chi connectivity index (χ0) is 13.7. The number of hydrogen-bond acceptors (Lipinski definition) is 3. The van der Waals surface area contributed by atoms with Crippen molar-refractivity contribution in [1.82, 2.24) is 0 Å². The van der Waals surface area contributed by atoms with E-state index in [1.807, 2.05) is 13.0 Å². The summed E-state index contributed by atoms with van der Waals surface area (Å²) in [4.78, 5) is 0. The molecule has 2 N–H and O–H groups in total. The first-order chi connectivity index (χ1) is 9.15. The van der Waals surface area contributed by atoms with E-state index in [1.54, 1.807) is 0 Å². The Hall–Kier alpha value is -0.580. The number of benzene rings is 1. The van der Waals surface area contributed by atoms with Gasteiger partial charge in [0, 0.05) is 19.3 Å². The molecule has 4 heteroatoms. The van der Waals surface area contributed by atoms with Gasteiger partial charge in [0.2, 0.25) is 0 Å². The number of ether oxygens (including phenoxy) is 2. The van der Waals surface area contributed by atoms with Gasteiger partial charge in [-0.3, -0.25) is 0 Å². The van der Waals surface area contributed by atoms with Gasteiger partial charge in [-0.15, -0.1) is 0 Å².